The van der Waals surface area contributed by atoms with Crippen LogP contribution in [0.1, 0.15) is 30.1 Å². The van der Waals surface area contributed by atoms with Gasteiger partial charge in [0.25, 0.3) is 0 Å². The minimum absolute atomic E-state index is 0.325. The molecule has 0 spiro atoms. The molecular formula is C14H21N3O2. The molecule has 1 amide bonds. The molecule has 1 aromatic rings. The number of nitrogen functional groups attached to an aromatic ring is 1. The molecule has 5 heteroatoms. The third-order valence-corrected chi connectivity index (χ3v) is 3.69. The van der Waals surface area contributed by atoms with Crippen LogP contribution in [0, 0.1) is 5.92 Å². The molecule has 0 radical (unpaired) electrons. The highest BCUT2D eigenvalue weighted by molar-refractivity contribution is 5.94. The molecule has 0 aliphatic carbocycles. The second-order valence-electron chi connectivity index (χ2n) is 5.05. The Labute approximate surface area is 113 Å². The first-order chi connectivity index (χ1) is 9.08. The summed E-state index contributed by atoms with van der Waals surface area (Å²) in [5.74, 6) is 0.125. The maximum atomic E-state index is 11.1. The Kier molecular flexibility index (Phi) is 4.27. The molecule has 5 nitrogen and oxygen atoms in total. The van der Waals surface area contributed by atoms with Crippen molar-refractivity contribution in [1.29, 1.82) is 0 Å². The molecule has 1 saturated heterocycles. The fourth-order valence-electron chi connectivity index (χ4n) is 2.43. The van der Waals surface area contributed by atoms with E-state index in [1.165, 1.54) is 0 Å². The third kappa shape index (κ3) is 3.38. The van der Waals surface area contributed by atoms with Gasteiger partial charge in [0.15, 0.2) is 0 Å². The van der Waals surface area contributed by atoms with Crippen LogP contribution >= 0.6 is 0 Å². The van der Waals surface area contributed by atoms with Gasteiger partial charge in [-0.3, -0.25) is 4.79 Å². The number of hydrogen-bond donors (Lipinski definition) is 3. The number of ether oxygens (including phenoxy) is 1. The Morgan fingerprint density at radius 3 is 2.68 bits per heavy atom. The lowest BCUT2D eigenvalue weighted by Gasteiger charge is -2.29. The molecule has 1 heterocycles. The second-order valence-corrected chi connectivity index (χ2v) is 5.05. The lowest BCUT2D eigenvalue weighted by atomic mass is 9.92. The molecule has 5 N–H and O–H groups in total. The first-order valence-electron chi connectivity index (χ1n) is 6.61. The van der Waals surface area contributed by atoms with Gasteiger partial charge in [0, 0.05) is 24.8 Å². The van der Waals surface area contributed by atoms with E-state index in [4.69, 9.17) is 16.2 Å². The fraction of sp³-hybridized carbons (Fsp3) is 0.500. The quantitative estimate of drug-likeness (QED) is 0.720. The van der Waals surface area contributed by atoms with E-state index in [0.717, 1.165) is 31.7 Å². The zero-order valence-corrected chi connectivity index (χ0v) is 11.2. The number of amides is 1. The molecule has 1 fully saturated rings. The van der Waals surface area contributed by atoms with Crippen LogP contribution in [0.4, 0.5) is 11.4 Å². The summed E-state index contributed by atoms with van der Waals surface area (Å²) < 4.78 is 5.36. The van der Waals surface area contributed by atoms with E-state index in [-0.39, 0.29) is 0 Å². The van der Waals surface area contributed by atoms with Crippen molar-refractivity contribution in [3.63, 3.8) is 0 Å². The lowest BCUT2D eigenvalue weighted by Crippen LogP contribution is -2.31. The van der Waals surface area contributed by atoms with Crippen molar-refractivity contribution in [2.45, 2.75) is 25.8 Å². The van der Waals surface area contributed by atoms with E-state index in [2.05, 4.69) is 12.2 Å². The number of hydrogen-bond acceptors (Lipinski definition) is 4. The minimum atomic E-state index is -0.462. The molecular weight excluding hydrogens is 242 g/mol. The lowest BCUT2D eigenvalue weighted by molar-refractivity contribution is 0.0622. The summed E-state index contributed by atoms with van der Waals surface area (Å²) in [6.07, 6.45) is 2.13. The van der Waals surface area contributed by atoms with Crippen molar-refractivity contribution in [3.8, 4) is 0 Å². The molecule has 1 atom stereocenters. The number of nitrogens with one attached hydrogen (secondary N) is 1. The second kappa shape index (κ2) is 5.93. The van der Waals surface area contributed by atoms with Gasteiger partial charge in [-0.2, -0.15) is 0 Å². The summed E-state index contributed by atoms with van der Waals surface area (Å²) in [6, 6.07) is 5.44. The van der Waals surface area contributed by atoms with Gasteiger partial charge in [-0.25, -0.2) is 0 Å². The largest absolute Gasteiger partial charge is 0.397 e. The van der Waals surface area contributed by atoms with Gasteiger partial charge in [0.2, 0.25) is 5.91 Å². The molecule has 1 unspecified atom stereocenters. The van der Waals surface area contributed by atoms with E-state index >= 15 is 0 Å². The molecule has 1 aromatic carbocycles. The number of carbonyl (C=O) groups is 1. The summed E-state index contributed by atoms with van der Waals surface area (Å²) in [5.41, 5.74) is 13.0. The van der Waals surface area contributed by atoms with Gasteiger partial charge in [-0.15, -0.1) is 0 Å². The zero-order chi connectivity index (χ0) is 13.8. The van der Waals surface area contributed by atoms with Gasteiger partial charge < -0.3 is 21.5 Å². The standard InChI is InChI=1S/C14H21N3O2/c1-9(10-4-6-19-7-5-10)17-13-3-2-11(14(16)18)8-12(13)15/h2-3,8-10,17H,4-7,15H2,1H3,(H2,16,18). The van der Waals surface area contributed by atoms with Crippen molar-refractivity contribution in [3.05, 3.63) is 23.8 Å². The molecule has 1 aliphatic heterocycles. The predicted molar refractivity (Wildman–Crippen MR) is 76.0 cm³/mol. The Bertz CT molecular complexity index is 456. The smallest absolute Gasteiger partial charge is 0.248 e. The molecule has 0 saturated carbocycles. The molecule has 1 aliphatic rings. The van der Waals surface area contributed by atoms with Crippen LogP contribution < -0.4 is 16.8 Å². The zero-order valence-electron chi connectivity index (χ0n) is 11.2. The Morgan fingerprint density at radius 1 is 1.42 bits per heavy atom. The van der Waals surface area contributed by atoms with Crippen molar-refractivity contribution in [2.75, 3.05) is 24.3 Å². The highest BCUT2D eigenvalue weighted by Gasteiger charge is 2.20. The molecule has 2 rings (SSSR count). The topological polar surface area (TPSA) is 90.4 Å². The van der Waals surface area contributed by atoms with Gasteiger partial charge in [-0.05, 0) is 43.9 Å². The first-order valence-corrected chi connectivity index (χ1v) is 6.61. The number of anilines is 2. The average molecular weight is 263 g/mol. The van der Waals surface area contributed by atoms with Crippen LogP contribution in [0.25, 0.3) is 0 Å². The minimum Gasteiger partial charge on any atom is -0.397 e. The van der Waals surface area contributed by atoms with Crippen LogP contribution in [-0.2, 0) is 4.74 Å². The van der Waals surface area contributed by atoms with Gasteiger partial charge in [-0.1, -0.05) is 0 Å². The van der Waals surface area contributed by atoms with Crippen LogP contribution in [0.3, 0.4) is 0 Å². The first kappa shape index (κ1) is 13.7. The van der Waals surface area contributed by atoms with Gasteiger partial charge in [0.1, 0.15) is 0 Å². The van der Waals surface area contributed by atoms with Crippen LogP contribution in [0.15, 0.2) is 18.2 Å². The average Bonchev–Trinajstić information content (AvgIpc) is 2.41. The van der Waals surface area contributed by atoms with Crippen molar-refractivity contribution in [2.24, 2.45) is 11.7 Å². The molecule has 0 bridgehead atoms. The predicted octanol–water partition coefficient (Wildman–Crippen LogP) is 1.59. The summed E-state index contributed by atoms with van der Waals surface area (Å²) >= 11 is 0. The monoisotopic (exact) mass is 263 g/mol. The maximum Gasteiger partial charge on any atom is 0.248 e. The summed E-state index contributed by atoms with van der Waals surface area (Å²) in [7, 11) is 0. The summed E-state index contributed by atoms with van der Waals surface area (Å²) in [6.45, 7) is 3.80. The number of carbonyl (C=O) groups excluding carboxylic acids is 1. The molecule has 19 heavy (non-hydrogen) atoms. The third-order valence-electron chi connectivity index (χ3n) is 3.69. The number of nitrogens with two attached hydrogens (primary N) is 2. The highest BCUT2D eigenvalue weighted by atomic mass is 16.5. The van der Waals surface area contributed by atoms with E-state index in [0.29, 0.717) is 23.2 Å². The number of primary amides is 1. The Morgan fingerprint density at radius 2 is 2.11 bits per heavy atom. The Hall–Kier alpha value is -1.75. The van der Waals surface area contributed by atoms with Gasteiger partial charge in [0.05, 0.1) is 11.4 Å². The highest BCUT2D eigenvalue weighted by Crippen LogP contribution is 2.25. The van der Waals surface area contributed by atoms with Crippen LogP contribution in [0.5, 0.6) is 0 Å². The maximum absolute atomic E-state index is 11.1. The van der Waals surface area contributed by atoms with E-state index in [1.807, 2.05) is 6.07 Å². The Balaban J connectivity index is 2.03. The number of rotatable bonds is 4. The van der Waals surface area contributed by atoms with Crippen LogP contribution in [-0.4, -0.2) is 25.2 Å². The van der Waals surface area contributed by atoms with Crippen molar-refractivity contribution in [1.82, 2.24) is 0 Å². The van der Waals surface area contributed by atoms with E-state index < -0.39 is 5.91 Å². The number of benzene rings is 1. The van der Waals surface area contributed by atoms with Crippen molar-refractivity contribution >= 4 is 17.3 Å². The molecule has 104 valence electrons. The SMILES string of the molecule is CC(Nc1ccc(C(N)=O)cc1N)C1CCOCC1. The summed E-state index contributed by atoms with van der Waals surface area (Å²) in [4.78, 5) is 11.1. The van der Waals surface area contributed by atoms with Crippen molar-refractivity contribution < 1.29 is 9.53 Å². The normalized spacial score (nSPS) is 17.9. The van der Waals surface area contributed by atoms with Gasteiger partial charge >= 0.3 is 0 Å². The van der Waals surface area contributed by atoms with Crippen LogP contribution in [0.2, 0.25) is 0 Å². The van der Waals surface area contributed by atoms with E-state index in [9.17, 15) is 4.79 Å². The molecule has 0 aromatic heterocycles. The van der Waals surface area contributed by atoms with E-state index in [1.54, 1.807) is 12.1 Å². The fourth-order valence-corrected chi connectivity index (χ4v) is 2.43. The summed E-state index contributed by atoms with van der Waals surface area (Å²) in [5, 5.41) is 3.41.